The lowest BCUT2D eigenvalue weighted by Crippen LogP contribution is -2.46. The average Bonchev–Trinajstić information content (AvgIpc) is 3.28. The predicted octanol–water partition coefficient (Wildman–Crippen LogP) is 4.61. The zero-order chi connectivity index (χ0) is 25.1. The van der Waals surface area contributed by atoms with Gasteiger partial charge in [0, 0.05) is 44.0 Å². The van der Waals surface area contributed by atoms with Gasteiger partial charge in [-0.2, -0.15) is 0 Å². The fourth-order valence-corrected chi connectivity index (χ4v) is 5.06. The number of carbonyl (C=O) groups is 2. The molecule has 8 heteroatoms. The van der Waals surface area contributed by atoms with Gasteiger partial charge >= 0.3 is 12.0 Å². The lowest BCUT2D eigenvalue weighted by Gasteiger charge is -2.38. The Bertz CT molecular complexity index is 1220. The van der Waals surface area contributed by atoms with Crippen molar-refractivity contribution in [1.29, 1.82) is 0 Å². The van der Waals surface area contributed by atoms with Crippen molar-refractivity contribution in [3.63, 3.8) is 0 Å². The second-order valence-corrected chi connectivity index (χ2v) is 9.35. The molecule has 0 unspecified atom stereocenters. The summed E-state index contributed by atoms with van der Waals surface area (Å²) in [5.41, 5.74) is 3.44. The van der Waals surface area contributed by atoms with Crippen LogP contribution in [0.5, 0.6) is 11.6 Å². The molecule has 186 valence electrons. The summed E-state index contributed by atoms with van der Waals surface area (Å²) in [6.45, 7) is 5.27. The number of amides is 2. The third-order valence-corrected chi connectivity index (χ3v) is 7.04. The van der Waals surface area contributed by atoms with Crippen LogP contribution in [-0.2, 0) is 6.54 Å². The molecule has 2 N–H and O–H groups in total. The van der Waals surface area contributed by atoms with Crippen LogP contribution in [0.2, 0.25) is 0 Å². The summed E-state index contributed by atoms with van der Waals surface area (Å²) in [5.74, 6) is 0.0510. The zero-order valence-corrected chi connectivity index (χ0v) is 20.3. The smallest absolute Gasteiger partial charge is 0.335 e. The number of urea groups is 1. The predicted molar refractivity (Wildman–Crippen MR) is 135 cm³/mol. The van der Waals surface area contributed by atoms with Gasteiger partial charge in [0.15, 0.2) is 0 Å². The molecule has 0 saturated carbocycles. The number of hydrogen-bond donors (Lipinski definition) is 2. The van der Waals surface area contributed by atoms with Crippen molar-refractivity contribution >= 4 is 12.0 Å². The van der Waals surface area contributed by atoms with Gasteiger partial charge < -0.3 is 20.1 Å². The third kappa shape index (κ3) is 5.18. The van der Waals surface area contributed by atoms with E-state index in [9.17, 15) is 9.59 Å². The lowest BCUT2D eigenvalue weighted by atomic mass is 9.98. The number of likely N-dealkylation sites (tertiary alicyclic amines) is 1. The number of nitrogens with one attached hydrogen (secondary N) is 1. The van der Waals surface area contributed by atoms with E-state index >= 15 is 0 Å². The van der Waals surface area contributed by atoms with E-state index in [1.165, 1.54) is 17.7 Å². The van der Waals surface area contributed by atoms with Gasteiger partial charge in [0.25, 0.3) is 0 Å². The fourth-order valence-electron chi connectivity index (χ4n) is 5.06. The van der Waals surface area contributed by atoms with Crippen LogP contribution in [0.4, 0.5) is 4.79 Å². The Morgan fingerprint density at radius 3 is 2.44 bits per heavy atom. The number of aromatic nitrogens is 1. The molecule has 0 aliphatic carbocycles. The first kappa shape index (κ1) is 23.8. The number of benzene rings is 2. The summed E-state index contributed by atoms with van der Waals surface area (Å²) in [7, 11) is 0. The Hall–Kier alpha value is -3.91. The van der Waals surface area contributed by atoms with Crippen LogP contribution in [-0.4, -0.2) is 57.6 Å². The molecule has 0 radical (unpaired) electrons. The van der Waals surface area contributed by atoms with Crippen molar-refractivity contribution < 1.29 is 19.4 Å². The molecule has 0 bridgehead atoms. The molecule has 2 saturated heterocycles. The summed E-state index contributed by atoms with van der Waals surface area (Å²) in [6, 6.07) is 20.8. The second kappa shape index (κ2) is 10.4. The van der Waals surface area contributed by atoms with Gasteiger partial charge in [-0.05, 0) is 55.2 Å². The fraction of sp³-hybridized carbons (Fsp3) is 0.321. The Balaban J connectivity index is 1.17. The number of aryl methyl sites for hydroxylation is 1. The van der Waals surface area contributed by atoms with Crippen molar-refractivity contribution in [1.82, 2.24) is 20.1 Å². The molecule has 5 rings (SSSR count). The standard InChI is InChI=1S/C28H30N4O4/c1-19-22(9-12-26(30-19)36-24-10-7-21(8-11-24)27(33)34)18-31-15-13-23(14-16-31)32-25(17-29-28(32)35)20-5-3-2-4-6-20/h2-12,23,25H,13-18H2,1H3,(H,29,35)(H,33,34)/t25-/m0/s1. The first-order chi connectivity index (χ1) is 17.5. The molecule has 1 atom stereocenters. The largest absolute Gasteiger partial charge is 0.478 e. The molecule has 1 aromatic heterocycles. The molecule has 2 aliphatic heterocycles. The van der Waals surface area contributed by atoms with E-state index in [-0.39, 0.29) is 23.7 Å². The molecule has 2 fully saturated rings. The van der Waals surface area contributed by atoms with Crippen LogP contribution in [0.25, 0.3) is 0 Å². The minimum atomic E-state index is -0.969. The van der Waals surface area contributed by atoms with Gasteiger partial charge in [0.1, 0.15) is 5.75 Å². The lowest BCUT2D eigenvalue weighted by molar-refractivity contribution is 0.0697. The van der Waals surface area contributed by atoms with Gasteiger partial charge in [-0.3, -0.25) is 4.90 Å². The van der Waals surface area contributed by atoms with Crippen LogP contribution in [0.3, 0.4) is 0 Å². The molecule has 2 amide bonds. The van der Waals surface area contributed by atoms with Crippen LogP contribution in [0.1, 0.15) is 46.1 Å². The summed E-state index contributed by atoms with van der Waals surface area (Å²) in [5, 5.41) is 12.1. The molecule has 2 aromatic carbocycles. The number of carbonyl (C=O) groups excluding carboxylic acids is 1. The van der Waals surface area contributed by atoms with Crippen molar-refractivity contribution in [2.75, 3.05) is 19.6 Å². The van der Waals surface area contributed by atoms with E-state index in [0.29, 0.717) is 18.2 Å². The molecule has 3 aromatic rings. The Kier molecular flexibility index (Phi) is 6.86. The van der Waals surface area contributed by atoms with Crippen molar-refractivity contribution in [2.45, 2.75) is 38.4 Å². The summed E-state index contributed by atoms with van der Waals surface area (Å²) in [4.78, 5) is 32.7. The maximum Gasteiger partial charge on any atom is 0.335 e. The van der Waals surface area contributed by atoms with Gasteiger partial charge in [0.05, 0.1) is 11.6 Å². The molecular weight excluding hydrogens is 456 g/mol. The molecule has 3 heterocycles. The normalized spacial score (nSPS) is 18.8. The zero-order valence-electron chi connectivity index (χ0n) is 20.3. The topological polar surface area (TPSA) is 95.0 Å². The van der Waals surface area contributed by atoms with Gasteiger partial charge in [0.2, 0.25) is 5.88 Å². The third-order valence-electron chi connectivity index (χ3n) is 7.04. The highest BCUT2D eigenvalue weighted by Gasteiger charge is 2.38. The number of carboxylic acid groups (broad SMARTS) is 1. The van der Waals surface area contributed by atoms with Gasteiger partial charge in [-0.15, -0.1) is 0 Å². The Labute approximate surface area is 210 Å². The van der Waals surface area contributed by atoms with Crippen molar-refractivity contribution in [3.05, 3.63) is 89.1 Å². The number of carboxylic acids is 1. The first-order valence-electron chi connectivity index (χ1n) is 12.3. The van der Waals surface area contributed by atoms with Crippen molar-refractivity contribution in [2.24, 2.45) is 0 Å². The SMILES string of the molecule is Cc1nc(Oc2ccc(C(=O)O)cc2)ccc1CN1CCC(N2C(=O)NC[C@H]2c2ccccc2)CC1. The molecule has 8 nitrogen and oxygen atoms in total. The minimum Gasteiger partial charge on any atom is -0.478 e. The number of aromatic carboxylic acids is 1. The maximum absolute atomic E-state index is 12.6. The number of rotatable bonds is 7. The first-order valence-corrected chi connectivity index (χ1v) is 12.3. The highest BCUT2D eigenvalue weighted by molar-refractivity contribution is 5.87. The van der Waals surface area contributed by atoms with Crippen LogP contribution < -0.4 is 10.1 Å². The van der Waals surface area contributed by atoms with E-state index in [1.807, 2.05) is 37.3 Å². The Morgan fingerprint density at radius 1 is 1.06 bits per heavy atom. The number of piperidine rings is 1. The Morgan fingerprint density at radius 2 is 1.78 bits per heavy atom. The van der Waals surface area contributed by atoms with Gasteiger partial charge in [-0.25, -0.2) is 14.6 Å². The van der Waals surface area contributed by atoms with Crippen molar-refractivity contribution in [3.8, 4) is 11.6 Å². The quantitative estimate of drug-likeness (QED) is 0.506. The van der Waals surface area contributed by atoms with Crippen LogP contribution >= 0.6 is 0 Å². The second-order valence-electron chi connectivity index (χ2n) is 9.35. The summed E-state index contributed by atoms with van der Waals surface area (Å²) < 4.78 is 5.81. The van der Waals surface area contributed by atoms with E-state index in [1.54, 1.807) is 12.1 Å². The number of pyridine rings is 1. The van der Waals surface area contributed by atoms with Gasteiger partial charge in [-0.1, -0.05) is 36.4 Å². The monoisotopic (exact) mass is 486 g/mol. The number of nitrogens with zero attached hydrogens (tertiary/aromatic N) is 3. The average molecular weight is 487 g/mol. The maximum atomic E-state index is 12.6. The van der Waals surface area contributed by atoms with Crippen LogP contribution in [0, 0.1) is 6.92 Å². The highest BCUT2D eigenvalue weighted by Crippen LogP contribution is 2.31. The summed E-state index contributed by atoms with van der Waals surface area (Å²) >= 11 is 0. The van der Waals surface area contributed by atoms with Crippen LogP contribution in [0.15, 0.2) is 66.7 Å². The summed E-state index contributed by atoms with van der Waals surface area (Å²) in [6.07, 6.45) is 1.88. The molecule has 2 aliphatic rings. The molecule has 0 spiro atoms. The number of hydrogen-bond acceptors (Lipinski definition) is 5. The highest BCUT2D eigenvalue weighted by atomic mass is 16.5. The van der Waals surface area contributed by atoms with E-state index < -0.39 is 5.97 Å². The van der Waals surface area contributed by atoms with E-state index in [4.69, 9.17) is 9.84 Å². The molecular formula is C28H30N4O4. The van der Waals surface area contributed by atoms with E-state index in [2.05, 4.69) is 32.2 Å². The number of ether oxygens (including phenoxy) is 1. The van der Waals surface area contributed by atoms with E-state index in [0.717, 1.165) is 43.7 Å². The molecule has 36 heavy (non-hydrogen) atoms. The minimum absolute atomic E-state index is 0.0375.